The van der Waals surface area contributed by atoms with Crippen molar-refractivity contribution in [3.05, 3.63) is 17.0 Å². The third-order valence-corrected chi connectivity index (χ3v) is 3.33. The van der Waals surface area contributed by atoms with Gasteiger partial charge in [-0.15, -0.1) is 0 Å². The van der Waals surface area contributed by atoms with Crippen LogP contribution < -0.4 is 0 Å². The summed E-state index contributed by atoms with van der Waals surface area (Å²) in [5, 5.41) is 0.0647. The van der Waals surface area contributed by atoms with Gasteiger partial charge in [0, 0.05) is 18.0 Å². The first-order valence-corrected chi connectivity index (χ1v) is 6.48. The van der Waals surface area contributed by atoms with Crippen LogP contribution in [0.1, 0.15) is 24.3 Å². The molecule has 1 aromatic rings. The minimum Gasteiger partial charge on any atom is -0.226 e. The molecule has 0 N–H and O–H groups in total. The fourth-order valence-electron chi connectivity index (χ4n) is 1.33. The van der Waals surface area contributed by atoms with Gasteiger partial charge in [-0.1, -0.05) is 0 Å². The average molecular weight is 233 g/mol. The topological polar surface area (TPSA) is 59.9 Å². The molecule has 6 heteroatoms. The molecule has 0 atom stereocenters. The van der Waals surface area contributed by atoms with Gasteiger partial charge in [0.05, 0.1) is 0 Å². The Morgan fingerprint density at radius 2 is 2.14 bits per heavy atom. The maximum atomic E-state index is 11.4. The summed E-state index contributed by atoms with van der Waals surface area (Å²) >= 11 is 5.56. The lowest BCUT2D eigenvalue weighted by atomic mass is 10.2. The first kappa shape index (κ1) is 9.86. The fraction of sp³-hybridized carbons (Fsp3) is 0.500. The number of rotatable bonds is 2. The van der Waals surface area contributed by atoms with Gasteiger partial charge < -0.3 is 0 Å². The molecule has 1 fully saturated rings. The van der Waals surface area contributed by atoms with Crippen LogP contribution in [0.2, 0.25) is 5.28 Å². The van der Waals surface area contributed by atoms with Crippen molar-refractivity contribution in [1.82, 2.24) is 9.97 Å². The van der Waals surface area contributed by atoms with Crippen LogP contribution in [0.5, 0.6) is 0 Å². The van der Waals surface area contributed by atoms with Crippen LogP contribution in [-0.4, -0.2) is 24.6 Å². The number of hydrogen-bond donors (Lipinski definition) is 0. The summed E-state index contributed by atoms with van der Waals surface area (Å²) in [4.78, 5) is 7.58. The highest BCUT2D eigenvalue weighted by Crippen LogP contribution is 2.42. The van der Waals surface area contributed by atoms with Crippen molar-refractivity contribution < 1.29 is 8.42 Å². The van der Waals surface area contributed by atoms with Gasteiger partial charge in [-0.3, -0.25) is 0 Å². The minimum atomic E-state index is -3.30. The first-order chi connectivity index (χ1) is 6.48. The lowest BCUT2D eigenvalue weighted by Gasteiger charge is -2.04. The van der Waals surface area contributed by atoms with Gasteiger partial charge in [0.1, 0.15) is 0 Å². The number of hydrogen-bond acceptors (Lipinski definition) is 4. The zero-order valence-electron chi connectivity index (χ0n) is 7.57. The monoisotopic (exact) mass is 232 g/mol. The summed E-state index contributed by atoms with van der Waals surface area (Å²) in [6.07, 6.45) is 4.67. The highest BCUT2D eigenvalue weighted by molar-refractivity contribution is 7.90. The van der Waals surface area contributed by atoms with E-state index in [0.717, 1.165) is 19.1 Å². The maximum absolute atomic E-state index is 11.4. The largest absolute Gasteiger partial charge is 0.226 e. The summed E-state index contributed by atoms with van der Waals surface area (Å²) in [6, 6.07) is 0. The van der Waals surface area contributed by atoms with Crippen molar-refractivity contribution in [2.45, 2.75) is 23.8 Å². The lowest BCUT2D eigenvalue weighted by Crippen LogP contribution is -2.06. The Kier molecular flexibility index (Phi) is 2.23. The van der Waals surface area contributed by atoms with E-state index in [2.05, 4.69) is 9.97 Å². The number of aromatic nitrogens is 2. The molecule has 1 aliphatic rings. The molecule has 1 heterocycles. The second kappa shape index (κ2) is 3.17. The second-order valence-corrected chi connectivity index (χ2v) is 5.72. The van der Waals surface area contributed by atoms with Crippen molar-refractivity contribution in [2.24, 2.45) is 0 Å². The van der Waals surface area contributed by atoms with Crippen LogP contribution >= 0.6 is 11.6 Å². The third kappa shape index (κ3) is 1.88. The van der Waals surface area contributed by atoms with Crippen LogP contribution in [0.15, 0.2) is 11.2 Å². The molecule has 0 amide bonds. The Morgan fingerprint density at radius 3 is 2.64 bits per heavy atom. The van der Waals surface area contributed by atoms with E-state index in [1.165, 1.54) is 6.20 Å². The second-order valence-electron chi connectivity index (χ2n) is 3.45. The minimum absolute atomic E-state index is 0.0187. The van der Waals surface area contributed by atoms with Gasteiger partial charge in [-0.05, 0) is 30.4 Å². The number of sulfone groups is 1. The van der Waals surface area contributed by atoms with Gasteiger partial charge in [-0.25, -0.2) is 18.4 Å². The molecule has 0 unspecified atom stereocenters. The van der Waals surface area contributed by atoms with Crippen molar-refractivity contribution in [3.63, 3.8) is 0 Å². The third-order valence-electron chi connectivity index (χ3n) is 2.12. The molecule has 0 bridgehead atoms. The fourth-order valence-corrected chi connectivity index (χ4v) is 2.41. The van der Waals surface area contributed by atoms with Gasteiger partial charge in [0.2, 0.25) is 5.28 Å². The molecule has 0 spiro atoms. The van der Waals surface area contributed by atoms with Crippen LogP contribution in [0.3, 0.4) is 0 Å². The number of halogens is 1. The molecular weight excluding hydrogens is 224 g/mol. The van der Waals surface area contributed by atoms with E-state index in [-0.39, 0.29) is 10.3 Å². The van der Waals surface area contributed by atoms with E-state index >= 15 is 0 Å². The van der Waals surface area contributed by atoms with Crippen molar-refractivity contribution >= 4 is 21.4 Å². The molecule has 1 saturated carbocycles. The summed E-state index contributed by atoms with van der Waals surface area (Å²) < 4.78 is 22.8. The van der Waals surface area contributed by atoms with E-state index < -0.39 is 9.84 Å². The lowest BCUT2D eigenvalue weighted by molar-refractivity contribution is 0.596. The van der Waals surface area contributed by atoms with Crippen molar-refractivity contribution in [3.8, 4) is 0 Å². The molecule has 76 valence electrons. The summed E-state index contributed by atoms with van der Waals surface area (Å²) in [5.41, 5.74) is 0.705. The molecule has 4 nitrogen and oxygen atoms in total. The van der Waals surface area contributed by atoms with Crippen LogP contribution in [-0.2, 0) is 9.84 Å². The van der Waals surface area contributed by atoms with Gasteiger partial charge >= 0.3 is 0 Å². The highest BCUT2D eigenvalue weighted by atomic mass is 35.5. The first-order valence-electron chi connectivity index (χ1n) is 4.21. The predicted molar refractivity (Wildman–Crippen MR) is 52.1 cm³/mol. The van der Waals surface area contributed by atoms with Gasteiger partial charge in [-0.2, -0.15) is 0 Å². The highest BCUT2D eigenvalue weighted by Gasteiger charge is 2.30. The Bertz CT molecular complexity index is 468. The Morgan fingerprint density at radius 1 is 1.50 bits per heavy atom. The molecule has 0 saturated heterocycles. The quantitative estimate of drug-likeness (QED) is 0.572. The van der Waals surface area contributed by atoms with Gasteiger partial charge in [0.15, 0.2) is 14.9 Å². The molecule has 14 heavy (non-hydrogen) atoms. The zero-order valence-corrected chi connectivity index (χ0v) is 9.14. The molecular formula is C8H9ClN2O2S. The molecule has 0 aliphatic heterocycles. The van der Waals surface area contributed by atoms with Crippen LogP contribution in [0.4, 0.5) is 0 Å². The Hall–Kier alpha value is -0.680. The average Bonchev–Trinajstić information content (AvgIpc) is 2.85. The predicted octanol–water partition coefficient (Wildman–Crippen LogP) is 1.41. The van der Waals surface area contributed by atoms with Crippen LogP contribution in [0.25, 0.3) is 0 Å². The Labute approximate surface area is 87.3 Å². The molecule has 0 radical (unpaired) electrons. The molecule has 1 aliphatic carbocycles. The van der Waals surface area contributed by atoms with Gasteiger partial charge in [0.25, 0.3) is 0 Å². The summed E-state index contributed by atoms with van der Waals surface area (Å²) in [7, 11) is -3.30. The Balaban J connectivity index is 2.59. The summed E-state index contributed by atoms with van der Waals surface area (Å²) in [5.74, 6) is 0.303. The summed E-state index contributed by atoms with van der Waals surface area (Å²) in [6.45, 7) is 0. The van der Waals surface area contributed by atoms with Crippen molar-refractivity contribution in [2.75, 3.05) is 6.26 Å². The zero-order chi connectivity index (χ0) is 10.3. The normalized spacial score (nSPS) is 17.0. The van der Waals surface area contributed by atoms with E-state index in [1.54, 1.807) is 0 Å². The SMILES string of the molecule is CS(=O)(=O)c1nc(Cl)ncc1C1CC1. The van der Waals surface area contributed by atoms with E-state index in [1.807, 2.05) is 0 Å². The maximum Gasteiger partial charge on any atom is 0.223 e. The molecule has 1 aromatic heterocycles. The van der Waals surface area contributed by atoms with Crippen LogP contribution in [0, 0.1) is 0 Å². The van der Waals surface area contributed by atoms with E-state index in [4.69, 9.17) is 11.6 Å². The van der Waals surface area contributed by atoms with Crippen molar-refractivity contribution in [1.29, 1.82) is 0 Å². The van der Waals surface area contributed by atoms with E-state index in [9.17, 15) is 8.42 Å². The van der Waals surface area contributed by atoms with E-state index in [0.29, 0.717) is 11.5 Å². The molecule has 0 aromatic carbocycles. The molecule has 2 rings (SSSR count). The number of nitrogens with zero attached hydrogens (tertiary/aromatic N) is 2. The standard InChI is InChI=1S/C8H9ClN2O2S/c1-14(12,13)7-6(5-2-3-5)4-10-8(9)11-7/h4-5H,2-3H2,1H3. The smallest absolute Gasteiger partial charge is 0.223 e.